The third-order valence-corrected chi connectivity index (χ3v) is 5.24. The number of rotatable bonds is 7. The first-order chi connectivity index (χ1) is 9.75. The number of benzene rings is 1. The molecule has 2 rings (SSSR count). The summed E-state index contributed by atoms with van der Waals surface area (Å²) in [6.07, 6.45) is 7.95. The Labute approximate surface area is 125 Å². The van der Waals surface area contributed by atoms with Crippen molar-refractivity contribution in [2.75, 3.05) is 13.1 Å². The molecule has 1 aliphatic carbocycles. The van der Waals surface area contributed by atoms with Crippen LogP contribution < -0.4 is 5.32 Å². The lowest BCUT2D eigenvalue weighted by Gasteiger charge is -2.42. The molecule has 1 aromatic carbocycles. The van der Waals surface area contributed by atoms with Gasteiger partial charge < -0.3 is 5.32 Å². The van der Waals surface area contributed by atoms with Crippen molar-refractivity contribution in [2.45, 2.75) is 64.7 Å². The number of aryl methyl sites for hydroxylation is 1. The van der Waals surface area contributed by atoms with Crippen LogP contribution in [0.5, 0.6) is 0 Å². The first-order valence-electron chi connectivity index (χ1n) is 8.54. The smallest absolute Gasteiger partial charge is 0.00832 e. The lowest BCUT2D eigenvalue weighted by atomic mass is 9.65. The first kappa shape index (κ1) is 15.6. The topological polar surface area (TPSA) is 12.0 Å². The largest absolute Gasteiger partial charge is 0.316 e. The second kappa shape index (κ2) is 7.26. The minimum Gasteiger partial charge on any atom is -0.316 e. The highest BCUT2D eigenvalue weighted by atomic mass is 14.9. The van der Waals surface area contributed by atoms with Gasteiger partial charge in [-0.05, 0) is 49.3 Å². The van der Waals surface area contributed by atoms with E-state index in [2.05, 4.69) is 50.4 Å². The molecule has 0 amide bonds. The summed E-state index contributed by atoms with van der Waals surface area (Å²) in [7, 11) is 0. The number of hydrogen-bond donors (Lipinski definition) is 1. The number of nitrogens with one attached hydrogen (secondary N) is 1. The Morgan fingerprint density at radius 1 is 1.15 bits per heavy atom. The van der Waals surface area contributed by atoms with E-state index in [4.69, 9.17) is 0 Å². The van der Waals surface area contributed by atoms with Gasteiger partial charge >= 0.3 is 0 Å². The molecule has 0 spiro atoms. The molecule has 0 aliphatic heterocycles. The van der Waals surface area contributed by atoms with Crippen LogP contribution in [0, 0.1) is 5.92 Å². The van der Waals surface area contributed by atoms with Gasteiger partial charge in [0.25, 0.3) is 0 Å². The zero-order valence-corrected chi connectivity index (χ0v) is 13.5. The zero-order chi connectivity index (χ0) is 14.4. The van der Waals surface area contributed by atoms with Crippen LogP contribution in [0.3, 0.4) is 0 Å². The monoisotopic (exact) mass is 273 g/mol. The molecule has 1 atom stereocenters. The maximum absolute atomic E-state index is 3.65. The van der Waals surface area contributed by atoms with Gasteiger partial charge in [0.05, 0.1) is 0 Å². The average molecular weight is 273 g/mol. The van der Waals surface area contributed by atoms with Crippen LogP contribution in [0.2, 0.25) is 0 Å². The van der Waals surface area contributed by atoms with Crippen molar-refractivity contribution in [3.8, 4) is 0 Å². The molecule has 0 saturated carbocycles. The summed E-state index contributed by atoms with van der Waals surface area (Å²) >= 11 is 0. The van der Waals surface area contributed by atoms with E-state index in [0.29, 0.717) is 5.41 Å². The minimum absolute atomic E-state index is 0.377. The van der Waals surface area contributed by atoms with Gasteiger partial charge in [0, 0.05) is 12.0 Å². The Morgan fingerprint density at radius 2 is 1.90 bits per heavy atom. The molecule has 0 aromatic heterocycles. The molecule has 112 valence electrons. The van der Waals surface area contributed by atoms with E-state index >= 15 is 0 Å². The SMILES string of the molecule is CCNCC1(CC(CC)CC)CCCc2ccccc21. The Morgan fingerprint density at radius 3 is 2.60 bits per heavy atom. The molecule has 0 heterocycles. The molecule has 1 aromatic rings. The van der Waals surface area contributed by atoms with Gasteiger partial charge in [-0.25, -0.2) is 0 Å². The molecule has 1 unspecified atom stereocenters. The second-order valence-corrected chi connectivity index (χ2v) is 6.46. The normalized spacial score (nSPS) is 22.0. The van der Waals surface area contributed by atoms with Crippen molar-refractivity contribution in [2.24, 2.45) is 5.92 Å². The van der Waals surface area contributed by atoms with Crippen molar-refractivity contribution in [1.29, 1.82) is 0 Å². The van der Waals surface area contributed by atoms with Gasteiger partial charge in [-0.15, -0.1) is 0 Å². The van der Waals surface area contributed by atoms with E-state index in [0.717, 1.165) is 19.0 Å². The molecule has 0 fully saturated rings. The van der Waals surface area contributed by atoms with Gasteiger partial charge in [-0.1, -0.05) is 57.9 Å². The first-order valence-corrected chi connectivity index (χ1v) is 8.54. The Bertz CT molecular complexity index is 408. The maximum atomic E-state index is 3.65. The molecular weight excluding hydrogens is 242 g/mol. The van der Waals surface area contributed by atoms with Crippen LogP contribution in [0.4, 0.5) is 0 Å². The third-order valence-electron chi connectivity index (χ3n) is 5.24. The maximum Gasteiger partial charge on any atom is 0.00832 e. The van der Waals surface area contributed by atoms with Crippen LogP contribution in [-0.2, 0) is 11.8 Å². The Hall–Kier alpha value is -0.820. The Kier molecular flexibility index (Phi) is 5.65. The summed E-state index contributed by atoms with van der Waals surface area (Å²) in [5.74, 6) is 0.861. The van der Waals surface area contributed by atoms with Crippen molar-refractivity contribution in [3.63, 3.8) is 0 Å². The lowest BCUT2D eigenvalue weighted by molar-refractivity contribution is 0.257. The quantitative estimate of drug-likeness (QED) is 0.759. The van der Waals surface area contributed by atoms with Crippen LogP contribution in [0.15, 0.2) is 24.3 Å². The molecular formula is C19H31N. The number of likely N-dealkylation sites (N-methyl/N-ethyl adjacent to an activating group) is 1. The molecule has 1 N–H and O–H groups in total. The number of fused-ring (bicyclic) bond motifs is 1. The van der Waals surface area contributed by atoms with E-state index in [-0.39, 0.29) is 0 Å². The van der Waals surface area contributed by atoms with Crippen LogP contribution in [0.1, 0.15) is 64.0 Å². The van der Waals surface area contributed by atoms with Gasteiger partial charge in [0.1, 0.15) is 0 Å². The highest BCUT2D eigenvalue weighted by Crippen LogP contribution is 2.42. The molecule has 0 saturated heterocycles. The highest BCUT2D eigenvalue weighted by Gasteiger charge is 2.37. The fraction of sp³-hybridized carbons (Fsp3) is 0.684. The van der Waals surface area contributed by atoms with Gasteiger partial charge in [0.2, 0.25) is 0 Å². The molecule has 1 nitrogen and oxygen atoms in total. The zero-order valence-electron chi connectivity index (χ0n) is 13.5. The molecule has 0 bridgehead atoms. The van der Waals surface area contributed by atoms with Gasteiger partial charge in [-0.2, -0.15) is 0 Å². The fourth-order valence-electron chi connectivity index (χ4n) is 3.97. The van der Waals surface area contributed by atoms with E-state index in [9.17, 15) is 0 Å². The van der Waals surface area contributed by atoms with E-state index in [1.807, 2.05) is 0 Å². The summed E-state index contributed by atoms with van der Waals surface area (Å²) in [6.45, 7) is 9.15. The molecule has 1 aliphatic rings. The second-order valence-electron chi connectivity index (χ2n) is 6.46. The van der Waals surface area contributed by atoms with E-state index < -0.39 is 0 Å². The predicted octanol–water partition coefficient (Wildman–Crippen LogP) is 4.70. The molecule has 20 heavy (non-hydrogen) atoms. The highest BCUT2D eigenvalue weighted by molar-refractivity contribution is 5.37. The van der Waals surface area contributed by atoms with E-state index in [1.54, 1.807) is 11.1 Å². The van der Waals surface area contributed by atoms with Crippen molar-refractivity contribution < 1.29 is 0 Å². The molecule has 0 radical (unpaired) electrons. The summed E-state index contributed by atoms with van der Waals surface area (Å²) in [5, 5.41) is 3.65. The third kappa shape index (κ3) is 3.25. The van der Waals surface area contributed by atoms with Crippen LogP contribution >= 0.6 is 0 Å². The van der Waals surface area contributed by atoms with Crippen LogP contribution in [0.25, 0.3) is 0 Å². The number of hydrogen-bond acceptors (Lipinski definition) is 1. The standard InChI is InChI=1S/C19H31N/c1-4-16(5-2)14-19(15-20-6-3)13-9-11-17-10-7-8-12-18(17)19/h7-8,10,12,16,20H,4-6,9,11,13-15H2,1-3H3. The minimum atomic E-state index is 0.377. The van der Waals surface area contributed by atoms with Crippen LogP contribution in [-0.4, -0.2) is 13.1 Å². The predicted molar refractivity (Wildman–Crippen MR) is 88.3 cm³/mol. The summed E-state index contributed by atoms with van der Waals surface area (Å²) in [4.78, 5) is 0. The van der Waals surface area contributed by atoms with Gasteiger partial charge in [0.15, 0.2) is 0 Å². The summed E-state index contributed by atoms with van der Waals surface area (Å²) in [5.41, 5.74) is 3.61. The molecule has 1 heteroatoms. The lowest BCUT2D eigenvalue weighted by Crippen LogP contribution is -2.42. The van der Waals surface area contributed by atoms with Crippen molar-refractivity contribution in [1.82, 2.24) is 5.32 Å². The average Bonchev–Trinajstić information content (AvgIpc) is 2.51. The van der Waals surface area contributed by atoms with Gasteiger partial charge in [-0.3, -0.25) is 0 Å². The summed E-state index contributed by atoms with van der Waals surface area (Å²) in [6, 6.07) is 9.19. The fourth-order valence-corrected chi connectivity index (χ4v) is 3.97. The van der Waals surface area contributed by atoms with E-state index in [1.165, 1.54) is 38.5 Å². The summed E-state index contributed by atoms with van der Waals surface area (Å²) < 4.78 is 0. The van der Waals surface area contributed by atoms with Crippen molar-refractivity contribution in [3.05, 3.63) is 35.4 Å². The van der Waals surface area contributed by atoms with Crippen molar-refractivity contribution >= 4 is 0 Å². The Balaban J connectivity index is 2.32.